The van der Waals surface area contributed by atoms with Crippen LogP contribution in [0.3, 0.4) is 0 Å². The zero-order valence-corrected chi connectivity index (χ0v) is 12.2. The first kappa shape index (κ1) is 13.7. The molecule has 0 saturated carbocycles. The third kappa shape index (κ3) is 3.08. The molecule has 1 aromatic heterocycles. The van der Waals surface area contributed by atoms with Gasteiger partial charge in [0.05, 0.1) is 5.69 Å². The Bertz CT molecular complexity index is 757. The number of H-pyrrole nitrogens is 1. The standard InChI is InChI=1S/C14H14N4O2S/c1-8(19)15-9-3-2-4-10(5-9)16-14-17-12-7-21-6-11(12)13(20)18-14/h2-5H,6-7H2,1H3,(H,15,19)(H2,16,17,18,20). The number of nitrogens with one attached hydrogen (secondary N) is 3. The molecule has 7 heteroatoms. The van der Waals surface area contributed by atoms with Crippen LogP contribution in [0.1, 0.15) is 18.2 Å². The zero-order valence-electron chi connectivity index (χ0n) is 11.4. The summed E-state index contributed by atoms with van der Waals surface area (Å²) in [4.78, 5) is 30.2. The molecule has 3 rings (SSSR count). The summed E-state index contributed by atoms with van der Waals surface area (Å²) in [6.45, 7) is 1.46. The molecule has 21 heavy (non-hydrogen) atoms. The summed E-state index contributed by atoms with van der Waals surface area (Å²) in [5.41, 5.74) is 2.94. The van der Waals surface area contributed by atoms with Crippen molar-refractivity contribution in [3.05, 3.63) is 45.9 Å². The van der Waals surface area contributed by atoms with Crippen LogP contribution >= 0.6 is 11.8 Å². The molecule has 0 unspecified atom stereocenters. The molecule has 0 aliphatic carbocycles. The van der Waals surface area contributed by atoms with Crippen molar-refractivity contribution in [3.8, 4) is 0 Å². The van der Waals surface area contributed by atoms with Gasteiger partial charge in [-0.1, -0.05) is 6.07 Å². The highest BCUT2D eigenvalue weighted by Crippen LogP contribution is 2.26. The number of fused-ring (bicyclic) bond motifs is 1. The molecular weight excluding hydrogens is 288 g/mol. The zero-order chi connectivity index (χ0) is 14.8. The number of rotatable bonds is 3. The second-order valence-electron chi connectivity index (χ2n) is 4.72. The van der Waals surface area contributed by atoms with Crippen LogP contribution in [-0.4, -0.2) is 15.9 Å². The Kier molecular flexibility index (Phi) is 3.66. The van der Waals surface area contributed by atoms with Gasteiger partial charge in [-0.2, -0.15) is 11.8 Å². The first-order valence-electron chi connectivity index (χ1n) is 6.46. The smallest absolute Gasteiger partial charge is 0.256 e. The predicted octanol–water partition coefficient (Wildman–Crippen LogP) is 2.22. The molecule has 0 bridgehead atoms. The Morgan fingerprint density at radius 3 is 2.95 bits per heavy atom. The molecule has 0 saturated heterocycles. The number of nitrogens with zero attached hydrogens (tertiary/aromatic N) is 1. The van der Waals surface area contributed by atoms with Crippen LogP contribution in [0, 0.1) is 0 Å². The quantitative estimate of drug-likeness (QED) is 0.809. The third-order valence-corrected chi connectivity index (χ3v) is 4.00. The molecular formula is C14H14N4O2S. The Morgan fingerprint density at radius 1 is 1.33 bits per heavy atom. The second-order valence-corrected chi connectivity index (χ2v) is 5.71. The Labute approximate surface area is 125 Å². The number of aromatic nitrogens is 2. The highest BCUT2D eigenvalue weighted by molar-refractivity contribution is 7.98. The van der Waals surface area contributed by atoms with Crippen LogP contribution in [0.15, 0.2) is 29.1 Å². The van der Waals surface area contributed by atoms with E-state index in [4.69, 9.17) is 0 Å². The van der Waals surface area contributed by atoms with Crippen LogP contribution in [0.5, 0.6) is 0 Å². The van der Waals surface area contributed by atoms with Gasteiger partial charge in [-0.15, -0.1) is 0 Å². The van der Waals surface area contributed by atoms with Gasteiger partial charge in [0.1, 0.15) is 0 Å². The van der Waals surface area contributed by atoms with E-state index >= 15 is 0 Å². The van der Waals surface area contributed by atoms with Gasteiger partial charge in [-0.3, -0.25) is 14.6 Å². The first-order valence-corrected chi connectivity index (χ1v) is 7.62. The van der Waals surface area contributed by atoms with Gasteiger partial charge in [0.15, 0.2) is 0 Å². The van der Waals surface area contributed by atoms with Crippen molar-refractivity contribution in [1.82, 2.24) is 9.97 Å². The lowest BCUT2D eigenvalue weighted by Crippen LogP contribution is -2.16. The molecule has 2 heterocycles. The number of carbonyl (C=O) groups excluding carboxylic acids is 1. The van der Waals surface area contributed by atoms with E-state index in [0.29, 0.717) is 11.6 Å². The average molecular weight is 302 g/mol. The molecule has 1 aromatic carbocycles. The second kappa shape index (κ2) is 5.61. The predicted molar refractivity (Wildman–Crippen MR) is 83.9 cm³/mol. The van der Waals surface area contributed by atoms with Gasteiger partial charge in [-0.05, 0) is 18.2 Å². The van der Waals surface area contributed by atoms with E-state index in [1.54, 1.807) is 23.9 Å². The Morgan fingerprint density at radius 2 is 2.14 bits per heavy atom. The van der Waals surface area contributed by atoms with Crippen molar-refractivity contribution in [2.45, 2.75) is 18.4 Å². The minimum atomic E-state index is -0.131. The highest BCUT2D eigenvalue weighted by atomic mass is 32.2. The first-order chi connectivity index (χ1) is 10.1. The molecule has 3 N–H and O–H groups in total. The number of carbonyl (C=O) groups is 1. The minimum Gasteiger partial charge on any atom is -0.326 e. The summed E-state index contributed by atoms with van der Waals surface area (Å²) >= 11 is 1.68. The van der Waals surface area contributed by atoms with E-state index in [-0.39, 0.29) is 11.5 Å². The highest BCUT2D eigenvalue weighted by Gasteiger charge is 2.17. The van der Waals surface area contributed by atoms with Gasteiger partial charge in [0.25, 0.3) is 5.56 Å². The van der Waals surface area contributed by atoms with Crippen LogP contribution < -0.4 is 16.2 Å². The van der Waals surface area contributed by atoms with Crippen molar-refractivity contribution >= 4 is 35.0 Å². The van der Waals surface area contributed by atoms with E-state index in [9.17, 15) is 9.59 Å². The van der Waals surface area contributed by atoms with E-state index in [2.05, 4.69) is 20.6 Å². The molecule has 2 aromatic rings. The van der Waals surface area contributed by atoms with Crippen LogP contribution in [0.4, 0.5) is 17.3 Å². The number of hydrogen-bond donors (Lipinski definition) is 3. The van der Waals surface area contributed by atoms with Crippen LogP contribution in [0.25, 0.3) is 0 Å². The summed E-state index contributed by atoms with van der Waals surface area (Å²) in [5.74, 6) is 1.77. The lowest BCUT2D eigenvalue weighted by molar-refractivity contribution is -0.114. The van der Waals surface area contributed by atoms with Crippen molar-refractivity contribution in [2.24, 2.45) is 0 Å². The molecule has 0 fully saturated rings. The van der Waals surface area contributed by atoms with Crippen molar-refractivity contribution in [3.63, 3.8) is 0 Å². The van der Waals surface area contributed by atoms with Gasteiger partial charge in [-0.25, -0.2) is 4.98 Å². The fourth-order valence-electron chi connectivity index (χ4n) is 2.14. The largest absolute Gasteiger partial charge is 0.326 e. The summed E-state index contributed by atoms with van der Waals surface area (Å²) in [5, 5.41) is 5.77. The van der Waals surface area contributed by atoms with E-state index in [1.165, 1.54) is 6.92 Å². The fraction of sp³-hybridized carbons (Fsp3) is 0.214. The normalized spacial score (nSPS) is 12.8. The van der Waals surface area contributed by atoms with Gasteiger partial charge < -0.3 is 10.6 Å². The summed E-state index contributed by atoms with van der Waals surface area (Å²) in [6.07, 6.45) is 0. The molecule has 1 aliphatic heterocycles. The van der Waals surface area contributed by atoms with Gasteiger partial charge >= 0.3 is 0 Å². The van der Waals surface area contributed by atoms with Crippen molar-refractivity contribution in [2.75, 3.05) is 10.6 Å². The molecule has 1 amide bonds. The molecule has 0 atom stereocenters. The number of amides is 1. The van der Waals surface area contributed by atoms with Crippen LogP contribution in [-0.2, 0) is 16.3 Å². The number of aromatic amines is 1. The van der Waals surface area contributed by atoms with E-state index in [1.807, 2.05) is 12.1 Å². The molecule has 1 aliphatic rings. The maximum absolute atomic E-state index is 11.9. The van der Waals surface area contributed by atoms with Crippen LogP contribution in [0.2, 0.25) is 0 Å². The molecule has 0 spiro atoms. The average Bonchev–Trinajstić information content (AvgIpc) is 2.87. The maximum atomic E-state index is 11.9. The SMILES string of the molecule is CC(=O)Nc1cccc(Nc2nc3c(c(=O)[nH]2)CSC3)c1. The molecule has 108 valence electrons. The maximum Gasteiger partial charge on any atom is 0.256 e. The van der Waals surface area contributed by atoms with Crippen molar-refractivity contribution < 1.29 is 4.79 Å². The van der Waals surface area contributed by atoms with E-state index < -0.39 is 0 Å². The Hall–Kier alpha value is -2.28. The van der Waals surface area contributed by atoms with E-state index in [0.717, 1.165) is 28.5 Å². The minimum absolute atomic E-state index is 0.0921. The monoisotopic (exact) mass is 302 g/mol. The number of benzene rings is 1. The topological polar surface area (TPSA) is 86.9 Å². The molecule has 0 radical (unpaired) electrons. The summed E-state index contributed by atoms with van der Waals surface area (Å²) < 4.78 is 0. The number of thioether (sulfide) groups is 1. The number of anilines is 3. The summed E-state index contributed by atoms with van der Waals surface area (Å²) in [7, 11) is 0. The lowest BCUT2D eigenvalue weighted by Gasteiger charge is -2.09. The Balaban J connectivity index is 1.85. The fourth-order valence-corrected chi connectivity index (χ4v) is 3.17. The lowest BCUT2D eigenvalue weighted by atomic mass is 10.2. The van der Waals surface area contributed by atoms with Crippen molar-refractivity contribution in [1.29, 1.82) is 0 Å². The molecule has 6 nitrogen and oxygen atoms in total. The third-order valence-electron chi connectivity index (χ3n) is 3.03. The summed E-state index contributed by atoms with van der Waals surface area (Å²) in [6, 6.07) is 7.23. The van der Waals surface area contributed by atoms with Gasteiger partial charge in [0.2, 0.25) is 11.9 Å². The number of hydrogen-bond acceptors (Lipinski definition) is 5. The van der Waals surface area contributed by atoms with Gasteiger partial charge in [0, 0.05) is 35.4 Å².